The molecule has 0 radical (unpaired) electrons. The van der Waals surface area contributed by atoms with E-state index in [1.165, 1.54) is 12.1 Å². The van der Waals surface area contributed by atoms with Crippen LogP contribution in [-0.4, -0.2) is 4.98 Å². The molecule has 1 aromatic carbocycles. The number of aromatic nitrogens is 1. The summed E-state index contributed by atoms with van der Waals surface area (Å²) >= 11 is 5.68. The van der Waals surface area contributed by atoms with Gasteiger partial charge >= 0.3 is 0 Å². The third-order valence-electron chi connectivity index (χ3n) is 2.09. The monoisotopic (exact) mass is 222 g/mol. The summed E-state index contributed by atoms with van der Waals surface area (Å²) in [4.78, 5) is 3.96. The van der Waals surface area contributed by atoms with E-state index in [0.717, 1.165) is 11.1 Å². The fourth-order valence-electron chi connectivity index (χ4n) is 1.31. The molecular weight excluding hydrogens is 215 g/mol. The molecule has 2 aromatic rings. The summed E-state index contributed by atoms with van der Waals surface area (Å²) in [6.45, 7) is 0. The van der Waals surface area contributed by atoms with E-state index in [2.05, 4.69) is 4.98 Å². The van der Waals surface area contributed by atoms with Gasteiger partial charge in [0.25, 0.3) is 0 Å². The van der Waals surface area contributed by atoms with Gasteiger partial charge in [0.2, 0.25) is 0 Å². The topological polar surface area (TPSA) is 38.9 Å². The van der Waals surface area contributed by atoms with Crippen molar-refractivity contribution in [1.82, 2.24) is 4.98 Å². The van der Waals surface area contributed by atoms with Gasteiger partial charge in [-0.15, -0.1) is 0 Å². The molecule has 0 spiro atoms. The van der Waals surface area contributed by atoms with E-state index in [4.69, 9.17) is 17.3 Å². The number of hydrogen-bond donors (Lipinski definition) is 1. The van der Waals surface area contributed by atoms with Crippen molar-refractivity contribution < 1.29 is 4.39 Å². The van der Waals surface area contributed by atoms with Gasteiger partial charge in [0.15, 0.2) is 0 Å². The summed E-state index contributed by atoms with van der Waals surface area (Å²) in [6, 6.07) is 6.15. The predicted octanol–water partition coefficient (Wildman–Crippen LogP) is 3.12. The van der Waals surface area contributed by atoms with Crippen LogP contribution in [0.1, 0.15) is 0 Å². The molecule has 0 fully saturated rings. The van der Waals surface area contributed by atoms with Crippen LogP contribution in [0.4, 0.5) is 10.1 Å². The third-order valence-corrected chi connectivity index (χ3v) is 2.38. The highest BCUT2D eigenvalue weighted by Crippen LogP contribution is 2.27. The van der Waals surface area contributed by atoms with Gasteiger partial charge < -0.3 is 5.73 Å². The molecule has 0 unspecified atom stereocenters. The third kappa shape index (κ3) is 1.92. The van der Waals surface area contributed by atoms with Crippen molar-refractivity contribution in [2.45, 2.75) is 0 Å². The molecule has 0 bridgehead atoms. The van der Waals surface area contributed by atoms with Crippen LogP contribution in [0.3, 0.4) is 0 Å². The average molecular weight is 223 g/mol. The van der Waals surface area contributed by atoms with E-state index in [0.29, 0.717) is 5.69 Å². The molecule has 0 atom stereocenters. The van der Waals surface area contributed by atoms with Crippen molar-refractivity contribution in [3.63, 3.8) is 0 Å². The van der Waals surface area contributed by atoms with Crippen LogP contribution in [-0.2, 0) is 0 Å². The first-order valence-electron chi connectivity index (χ1n) is 4.33. The first-order chi connectivity index (χ1) is 7.18. The molecule has 1 aromatic heterocycles. The molecule has 2 nitrogen and oxygen atoms in total. The smallest absolute Gasteiger partial charge is 0.141 e. The van der Waals surface area contributed by atoms with Gasteiger partial charge in [0.05, 0.1) is 5.02 Å². The van der Waals surface area contributed by atoms with Gasteiger partial charge in [-0.25, -0.2) is 4.39 Å². The van der Waals surface area contributed by atoms with Crippen molar-refractivity contribution >= 4 is 17.3 Å². The van der Waals surface area contributed by atoms with Crippen molar-refractivity contribution in [2.75, 3.05) is 5.73 Å². The van der Waals surface area contributed by atoms with Crippen molar-refractivity contribution in [3.8, 4) is 11.1 Å². The Hall–Kier alpha value is -1.61. The number of rotatable bonds is 1. The molecule has 0 saturated heterocycles. The van der Waals surface area contributed by atoms with E-state index in [1.54, 1.807) is 24.5 Å². The molecule has 2 N–H and O–H groups in total. The van der Waals surface area contributed by atoms with Crippen molar-refractivity contribution in [1.29, 1.82) is 0 Å². The van der Waals surface area contributed by atoms with Gasteiger partial charge in [0, 0.05) is 23.6 Å². The van der Waals surface area contributed by atoms with Gasteiger partial charge in [-0.3, -0.25) is 4.98 Å². The maximum atomic E-state index is 12.9. The zero-order valence-corrected chi connectivity index (χ0v) is 8.50. The highest BCUT2D eigenvalue weighted by atomic mass is 35.5. The van der Waals surface area contributed by atoms with E-state index in [1.807, 2.05) is 0 Å². The highest BCUT2D eigenvalue weighted by Gasteiger charge is 2.05. The van der Waals surface area contributed by atoms with Crippen LogP contribution in [0.2, 0.25) is 5.02 Å². The summed E-state index contributed by atoms with van der Waals surface area (Å²) in [7, 11) is 0. The van der Waals surface area contributed by atoms with Crippen LogP contribution in [0.15, 0.2) is 36.7 Å². The van der Waals surface area contributed by atoms with Crippen LogP contribution >= 0.6 is 11.6 Å². The number of anilines is 1. The molecule has 0 aliphatic carbocycles. The van der Waals surface area contributed by atoms with Crippen LogP contribution in [0.25, 0.3) is 11.1 Å². The van der Waals surface area contributed by atoms with Gasteiger partial charge in [-0.05, 0) is 23.8 Å². The van der Waals surface area contributed by atoms with Gasteiger partial charge in [0.1, 0.15) is 5.82 Å². The minimum Gasteiger partial charge on any atom is -0.398 e. The van der Waals surface area contributed by atoms with Gasteiger partial charge in [-0.2, -0.15) is 0 Å². The number of nitrogens with two attached hydrogens (primary N) is 1. The molecule has 76 valence electrons. The Bertz CT molecular complexity index is 500. The standard InChI is InChI=1S/C11H8ClFN2/c12-9-5-7(1-2-10(9)13)8-6-15-4-3-11(8)14/h1-6H,(H2,14,15). The summed E-state index contributed by atoms with van der Waals surface area (Å²) in [5.74, 6) is -0.442. The Morgan fingerprint density at radius 1 is 1.27 bits per heavy atom. The molecule has 0 saturated carbocycles. The van der Waals surface area contributed by atoms with Crippen LogP contribution < -0.4 is 5.73 Å². The lowest BCUT2D eigenvalue weighted by Crippen LogP contribution is -1.91. The molecule has 1 heterocycles. The minimum absolute atomic E-state index is 0.0794. The SMILES string of the molecule is Nc1ccncc1-c1ccc(F)c(Cl)c1. The molecule has 2 rings (SSSR count). The Labute approximate surface area is 91.5 Å². The van der Waals surface area contributed by atoms with Crippen molar-refractivity contribution in [3.05, 3.63) is 47.5 Å². The lowest BCUT2D eigenvalue weighted by molar-refractivity contribution is 0.628. The molecule has 0 aliphatic heterocycles. The minimum atomic E-state index is -0.442. The Morgan fingerprint density at radius 2 is 2.07 bits per heavy atom. The molecular formula is C11H8ClFN2. The second kappa shape index (κ2) is 3.87. The Balaban J connectivity index is 2.55. The lowest BCUT2D eigenvalue weighted by atomic mass is 10.1. The molecule has 4 heteroatoms. The average Bonchev–Trinajstić information content (AvgIpc) is 2.23. The van der Waals surface area contributed by atoms with E-state index >= 15 is 0 Å². The first-order valence-corrected chi connectivity index (χ1v) is 4.71. The summed E-state index contributed by atoms with van der Waals surface area (Å²) in [5, 5.41) is 0.0794. The number of hydrogen-bond acceptors (Lipinski definition) is 2. The molecule has 0 aliphatic rings. The largest absolute Gasteiger partial charge is 0.398 e. The van der Waals surface area contributed by atoms with Gasteiger partial charge in [-0.1, -0.05) is 17.7 Å². The number of benzene rings is 1. The van der Waals surface area contributed by atoms with Crippen LogP contribution in [0.5, 0.6) is 0 Å². The summed E-state index contributed by atoms with van der Waals surface area (Å²) < 4.78 is 12.9. The molecule has 15 heavy (non-hydrogen) atoms. The summed E-state index contributed by atoms with van der Waals surface area (Å²) in [5.41, 5.74) is 7.86. The molecule has 0 amide bonds. The fraction of sp³-hybridized carbons (Fsp3) is 0. The maximum absolute atomic E-state index is 12.9. The Kier molecular flexibility index (Phi) is 2.56. The normalized spacial score (nSPS) is 10.3. The predicted molar refractivity (Wildman–Crippen MR) is 59.1 cm³/mol. The zero-order valence-electron chi connectivity index (χ0n) is 7.74. The number of nitrogen functional groups attached to an aromatic ring is 1. The zero-order chi connectivity index (χ0) is 10.8. The second-order valence-electron chi connectivity index (χ2n) is 3.09. The quantitative estimate of drug-likeness (QED) is 0.805. The number of pyridine rings is 1. The Morgan fingerprint density at radius 3 is 2.73 bits per heavy atom. The van der Waals surface area contributed by atoms with Crippen LogP contribution in [0, 0.1) is 5.82 Å². The highest BCUT2D eigenvalue weighted by molar-refractivity contribution is 6.31. The van der Waals surface area contributed by atoms with Crippen molar-refractivity contribution in [2.24, 2.45) is 0 Å². The van der Waals surface area contributed by atoms with E-state index < -0.39 is 5.82 Å². The maximum Gasteiger partial charge on any atom is 0.141 e. The van der Waals surface area contributed by atoms with E-state index in [9.17, 15) is 4.39 Å². The number of nitrogens with zero attached hydrogens (tertiary/aromatic N) is 1. The number of halogens is 2. The summed E-state index contributed by atoms with van der Waals surface area (Å²) in [6.07, 6.45) is 3.23. The lowest BCUT2D eigenvalue weighted by Gasteiger charge is -2.05. The second-order valence-corrected chi connectivity index (χ2v) is 3.50. The fourth-order valence-corrected chi connectivity index (χ4v) is 1.49. The first kappa shape index (κ1) is 9.93. The van der Waals surface area contributed by atoms with E-state index in [-0.39, 0.29) is 5.02 Å².